The zero-order chi connectivity index (χ0) is 12.8. The molecule has 4 saturated heterocycles. The molecule has 0 aromatic heterocycles. The maximum atomic E-state index is 3.96. The first kappa shape index (κ1) is 12.6. The van der Waals surface area contributed by atoms with E-state index in [1.165, 1.54) is 64.7 Å². The van der Waals surface area contributed by atoms with Crippen LogP contribution >= 0.6 is 0 Å². The Morgan fingerprint density at radius 1 is 1.00 bits per heavy atom. The van der Waals surface area contributed by atoms with Crippen molar-refractivity contribution in [3.8, 4) is 0 Å². The molecule has 19 heavy (non-hydrogen) atoms. The molecule has 0 aliphatic carbocycles. The molecule has 0 amide bonds. The SMILES string of the molecule is CN1C2CCC1CC(CNC1CCN3CCC1C3)C2. The number of piperidine rings is 2. The van der Waals surface area contributed by atoms with Crippen LogP contribution in [0.5, 0.6) is 0 Å². The highest BCUT2D eigenvalue weighted by Gasteiger charge is 2.39. The monoisotopic (exact) mass is 263 g/mol. The molecule has 0 saturated carbocycles. The summed E-state index contributed by atoms with van der Waals surface area (Å²) >= 11 is 0. The van der Waals surface area contributed by atoms with Gasteiger partial charge in [-0.3, -0.25) is 0 Å². The maximum absolute atomic E-state index is 3.96. The highest BCUT2D eigenvalue weighted by atomic mass is 15.2. The molecule has 108 valence electrons. The van der Waals surface area contributed by atoms with E-state index in [-0.39, 0.29) is 0 Å². The molecule has 4 bridgehead atoms. The van der Waals surface area contributed by atoms with E-state index in [2.05, 4.69) is 22.2 Å². The van der Waals surface area contributed by atoms with Crippen molar-refractivity contribution < 1.29 is 0 Å². The van der Waals surface area contributed by atoms with E-state index >= 15 is 0 Å². The van der Waals surface area contributed by atoms with Gasteiger partial charge in [-0.1, -0.05) is 0 Å². The summed E-state index contributed by atoms with van der Waals surface area (Å²) in [7, 11) is 2.35. The molecule has 0 aromatic rings. The highest BCUT2D eigenvalue weighted by Crippen LogP contribution is 2.37. The molecular formula is C16H29N3. The van der Waals surface area contributed by atoms with E-state index in [0.29, 0.717) is 0 Å². The van der Waals surface area contributed by atoms with Crippen LogP contribution in [0.1, 0.15) is 38.5 Å². The Labute approximate surface area is 117 Å². The van der Waals surface area contributed by atoms with Crippen LogP contribution in [-0.4, -0.2) is 61.2 Å². The van der Waals surface area contributed by atoms with E-state index < -0.39 is 0 Å². The van der Waals surface area contributed by atoms with Gasteiger partial charge >= 0.3 is 0 Å². The van der Waals surface area contributed by atoms with Gasteiger partial charge in [-0.15, -0.1) is 0 Å². The molecule has 1 N–H and O–H groups in total. The molecule has 0 aromatic carbocycles. The Balaban J connectivity index is 1.29. The Bertz CT molecular complexity index is 318. The van der Waals surface area contributed by atoms with Crippen LogP contribution in [0.4, 0.5) is 0 Å². The third-order valence-electron chi connectivity index (χ3n) is 6.50. The first-order chi connectivity index (χ1) is 9.29. The predicted octanol–water partition coefficient (Wildman–Crippen LogP) is 1.54. The number of hydrogen-bond donors (Lipinski definition) is 1. The molecular weight excluding hydrogens is 234 g/mol. The topological polar surface area (TPSA) is 18.5 Å². The van der Waals surface area contributed by atoms with Gasteiger partial charge in [0.05, 0.1) is 0 Å². The van der Waals surface area contributed by atoms with Crippen molar-refractivity contribution in [1.82, 2.24) is 15.1 Å². The average Bonchev–Trinajstić information content (AvgIpc) is 2.87. The van der Waals surface area contributed by atoms with E-state index in [4.69, 9.17) is 0 Å². The Morgan fingerprint density at radius 2 is 1.74 bits per heavy atom. The van der Waals surface area contributed by atoms with E-state index in [9.17, 15) is 0 Å². The molecule has 0 radical (unpaired) electrons. The molecule has 3 heteroatoms. The minimum Gasteiger partial charge on any atom is -0.313 e. The van der Waals surface area contributed by atoms with Gasteiger partial charge < -0.3 is 15.1 Å². The summed E-state index contributed by atoms with van der Waals surface area (Å²) in [6.45, 7) is 5.37. The predicted molar refractivity (Wildman–Crippen MR) is 78.3 cm³/mol. The van der Waals surface area contributed by atoms with Crippen LogP contribution in [0.25, 0.3) is 0 Å². The molecule has 4 aliphatic rings. The zero-order valence-electron chi connectivity index (χ0n) is 12.4. The van der Waals surface area contributed by atoms with Crippen molar-refractivity contribution in [2.75, 3.05) is 33.2 Å². The lowest BCUT2D eigenvalue weighted by atomic mass is 9.89. The fourth-order valence-corrected chi connectivity index (χ4v) is 5.23. The van der Waals surface area contributed by atoms with Crippen LogP contribution in [0, 0.1) is 11.8 Å². The molecule has 5 unspecified atom stereocenters. The standard InChI is InChI=1S/C16H29N3/c1-18-14-2-3-15(18)9-12(8-14)10-17-16-5-7-19-6-4-13(16)11-19/h12-17H,2-11H2,1H3. The highest BCUT2D eigenvalue weighted by molar-refractivity contribution is 4.95. The molecule has 3 nitrogen and oxygen atoms in total. The quantitative estimate of drug-likeness (QED) is 0.833. The number of fused-ring (bicyclic) bond motifs is 4. The summed E-state index contributed by atoms with van der Waals surface area (Å²) in [4.78, 5) is 5.31. The third kappa shape index (κ3) is 2.34. The van der Waals surface area contributed by atoms with Gasteiger partial charge in [0.15, 0.2) is 0 Å². The van der Waals surface area contributed by atoms with Crippen LogP contribution in [0.15, 0.2) is 0 Å². The van der Waals surface area contributed by atoms with Crippen molar-refractivity contribution >= 4 is 0 Å². The lowest BCUT2D eigenvalue weighted by molar-refractivity contribution is 0.126. The smallest absolute Gasteiger partial charge is 0.0120 e. The van der Waals surface area contributed by atoms with Crippen molar-refractivity contribution in [3.63, 3.8) is 0 Å². The average molecular weight is 263 g/mol. The summed E-state index contributed by atoms with van der Waals surface area (Å²) in [5.74, 6) is 1.91. The lowest BCUT2D eigenvalue weighted by Gasteiger charge is -2.38. The second-order valence-electron chi connectivity index (χ2n) is 7.54. The van der Waals surface area contributed by atoms with Crippen molar-refractivity contribution in [3.05, 3.63) is 0 Å². The first-order valence-electron chi connectivity index (χ1n) is 8.47. The van der Waals surface area contributed by atoms with Gasteiger partial charge in [0, 0.05) is 24.7 Å². The zero-order valence-corrected chi connectivity index (χ0v) is 12.4. The molecule has 4 rings (SSSR count). The summed E-state index contributed by atoms with van der Waals surface area (Å²) in [5, 5.41) is 3.96. The van der Waals surface area contributed by atoms with Gasteiger partial charge in [0.2, 0.25) is 0 Å². The Hall–Kier alpha value is -0.120. The van der Waals surface area contributed by atoms with Crippen LogP contribution in [0.3, 0.4) is 0 Å². The molecule has 0 spiro atoms. The number of rotatable bonds is 3. The Kier molecular flexibility index (Phi) is 3.33. The van der Waals surface area contributed by atoms with E-state index in [1.807, 2.05) is 0 Å². The van der Waals surface area contributed by atoms with Crippen molar-refractivity contribution in [2.45, 2.75) is 56.7 Å². The minimum absolute atomic E-state index is 0.830. The number of nitrogens with one attached hydrogen (secondary N) is 1. The van der Waals surface area contributed by atoms with Crippen molar-refractivity contribution in [1.29, 1.82) is 0 Å². The Morgan fingerprint density at radius 3 is 2.53 bits per heavy atom. The van der Waals surface area contributed by atoms with Crippen LogP contribution in [-0.2, 0) is 0 Å². The number of nitrogens with zero attached hydrogens (tertiary/aromatic N) is 2. The van der Waals surface area contributed by atoms with E-state index in [1.54, 1.807) is 0 Å². The van der Waals surface area contributed by atoms with Gasteiger partial charge in [-0.25, -0.2) is 0 Å². The van der Waals surface area contributed by atoms with Gasteiger partial charge in [0.1, 0.15) is 0 Å². The van der Waals surface area contributed by atoms with Gasteiger partial charge in [-0.2, -0.15) is 0 Å². The fraction of sp³-hybridized carbons (Fsp3) is 1.00. The molecule has 4 aliphatic heterocycles. The molecule has 5 atom stereocenters. The van der Waals surface area contributed by atoms with E-state index in [0.717, 1.165) is 30.0 Å². The maximum Gasteiger partial charge on any atom is 0.0120 e. The fourth-order valence-electron chi connectivity index (χ4n) is 5.23. The van der Waals surface area contributed by atoms with Crippen LogP contribution in [0.2, 0.25) is 0 Å². The summed E-state index contributed by atoms with van der Waals surface area (Å²) in [6.07, 6.45) is 8.64. The normalized spacial score (nSPS) is 49.7. The number of hydrogen-bond acceptors (Lipinski definition) is 3. The summed E-state index contributed by atoms with van der Waals surface area (Å²) in [5.41, 5.74) is 0. The summed E-state index contributed by atoms with van der Waals surface area (Å²) in [6, 6.07) is 2.63. The lowest BCUT2D eigenvalue weighted by Crippen LogP contribution is -2.48. The van der Waals surface area contributed by atoms with Crippen LogP contribution < -0.4 is 5.32 Å². The summed E-state index contributed by atoms with van der Waals surface area (Å²) < 4.78 is 0. The van der Waals surface area contributed by atoms with Gasteiger partial charge in [-0.05, 0) is 77.0 Å². The molecule has 4 heterocycles. The van der Waals surface area contributed by atoms with Crippen molar-refractivity contribution in [2.24, 2.45) is 11.8 Å². The minimum atomic E-state index is 0.830. The second-order valence-corrected chi connectivity index (χ2v) is 7.54. The van der Waals surface area contributed by atoms with Gasteiger partial charge in [0.25, 0.3) is 0 Å². The first-order valence-corrected chi connectivity index (χ1v) is 8.47. The largest absolute Gasteiger partial charge is 0.313 e. The third-order valence-corrected chi connectivity index (χ3v) is 6.50. The molecule has 4 fully saturated rings. The second kappa shape index (κ2) is 5.01.